The van der Waals surface area contributed by atoms with Crippen LogP contribution >= 0.6 is 0 Å². The van der Waals surface area contributed by atoms with E-state index in [0.717, 1.165) is 38.6 Å². The van der Waals surface area contributed by atoms with E-state index in [9.17, 15) is 9.90 Å². The van der Waals surface area contributed by atoms with Gasteiger partial charge in [0.2, 0.25) is 0 Å². The Bertz CT molecular complexity index is 655. The summed E-state index contributed by atoms with van der Waals surface area (Å²) in [6.07, 6.45) is 11.4. The highest BCUT2D eigenvalue weighted by Gasteiger charge is 2.46. The van der Waals surface area contributed by atoms with E-state index in [1.54, 1.807) is 0 Å². The van der Waals surface area contributed by atoms with Crippen LogP contribution in [0.5, 0.6) is 0 Å². The minimum atomic E-state index is -1.55. The summed E-state index contributed by atoms with van der Waals surface area (Å²) in [4.78, 5) is 17.5. The number of ether oxygens (including phenoxy) is 1. The molecule has 1 saturated carbocycles. The van der Waals surface area contributed by atoms with Crippen LogP contribution in [0, 0.1) is 5.92 Å². The SMILES string of the molecule is CC1N(C)C=CN1CCCOC(=O)C(O)(c1ccccc1)C1CCCCCC1. The maximum absolute atomic E-state index is 13.1. The molecule has 0 radical (unpaired) electrons. The third-order valence-electron chi connectivity index (χ3n) is 6.33. The summed E-state index contributed by atoms with van der Waals surface area (Å²) in [6, 6.07) is 9.35. The van der Waals surface area contributed by atoms with Gasteiger partial charge in [0.05, 0.1) is 12.8 Å². The number of benzene rings is 1. The molecule has 1 aliphatic heterocycles. The van der Waals surface area contributed by atoms with Gasteiger partial charge < -0.3 is 19.6 Å². The molecule has 1 aliphatic carbocycles. The molecular weight excluding hydrogens is 352 g/mol. The van der Waals surface area contributed by atoms with E-state index in [1.807, 2.05) is 37.4 Å². The lowest BCUT2D eigenvalue weighted by Gasteiger charge is -2.34. The van der Waals surface area contributed by atoms with Gasteiger partial charge in [-0.15, -0.1) is 0 Å². The zero-order valence-electron chi connectivity index (χ0n) is 17.2. The van der Waals surface area contributed by atoms with Crippen LogP contribution in [0.15, 0.2) is 42.7 Å². The Kier molecular flexibility index (Phi) is 7.00. The van der Waals surface area contributed by atoms with E-state index in [-0.39, 0.29) is 5.92 Å². The molecule has 2 aliphatic rings. The monoisotopic (exact) mass is 386 g/mol. The average molecular weight is 387 g/mol. The van der Waals surface area contributed by atoms with Crippen LogP contribution in [-0.4, -0.2) is 47.2 Å². The highest BCUT2D eigenvalue weighted by molar-refractivity contribution is 5.81. The predicted molar refractivity (Wildman–Crippen MR) is 110 cm³/mol. The van der Waals surface area contributed by atoms with Gasteiger partial charge >= 0.3 is 5.97 Å². The molecule has 2 atom stereocenters. The molecule has 1 aromatic rings. The molecular formula is C23H34N2O3. The highest BCUT2D eigenvalue weighted by Crippen LogP contribution is 2.39. The number of hydrogen-bond donors (Lipinski definition) is 1. The first-order valence-electron chi connectivity index (χ1n) is 10.6. The molecule has 0 saturated heterocycles. The van der Waals surface area contributed by atoms with Crippen molar-refractivity contribution in [1.29, 1.82) is 0 Å². The first kappa shape index (κ1) is 20.7. The van der Waals surface area contributed by atoms with Crippen molar-refractivity contribution in [3.05, 3.63) is 48.3 Å². The molecule has 1 N–H and O–H groups in total. The Balaban J connectivity index is 1.63. The fraction of sp³-hybridized carbons (Fsp3) is 0.609. The molecule has 28 heavy (non-hydrogen) atoms. The quantitative estimate of drug-likeness (QED) is 0.438. The Labute approximate surface area is 169 Å². The van der Waals surface area contributed by atoms with Crippen molar-refractivity contribution < 1.29 is 14.6 Å². The fourth-order valence-corrected chi connectivity index (χ4v) is 4.37. The van der Waals surface area contributed by atoms with E-state index in [1.165, 1.54) is 12.8 Å². The van der Waals surface area contributed by atoms with Gasteiger partial charge in [-0.3, -0.25) is 0 Å². The molecule has 0 aromatic heterocycles. The van der Waals surface area contributed by atoms with E-state index < -0.39 is 11.6 Å². The van der Waals surface area contributed by atoms with Crippen LogP contribution in [0.4, 0.5) is 0 Å². The lowest BCUT2D eigenvalue weighted by Crippen LogP contribution is -2.44. The summed E-state index contributed by atoms with van der Waals surface area (Å²) in [6.45, 7) is 3.29. The molecule has 154 valence electrons. The predicted octanol–water partition coefficient (Wildman–Crippen LogP) is 3.84. The largest absolute Gasteiger partial charge is 0.463 e. The van der Waals surface area contributed by atoms with Crippen LogP contribution in [0.1, 0.15) is 57.4 Å². The van der Waals surface area contributed by atoms with Crippen molar-refractivity contribution in [1.82, 2.24) is 9.80 Å². The molecule has 0 amide bonds. The molecule has 0 bridgehead atoms. The van der Waals surface area contributed by atoms with Gasteiger partial charge in [0.1, 0.15) is 0 Å². The summed E-state index contributed by atoms with van der Waals surface area (Å²) < 4.78 is 5.62. The van der Waals surface area contributed by atoms with E-state index >= 15 is 0 Å². The van der Waals surface area contributed by atoms with Crippen molar-refractivity contribution in [3.8, 4) is 0 Å². The highest BCUT2D eigenvalue weighted by atomic mass is 16.5. The normalized spacial score (nSPS) is 22.8. The second-order valence-corrected chi connectivity index (χ2v) is 8.14. The van der Waals surface area contributed by atoms with Gasteiger partial charge in [-0.1, -0.05) is 56.0 Å². The Hall–Kier alpha value is -2.01. The Morgan fingerprint density at radius 3 is 2.43 bits per heavy atom. The topological polar surface area (TPSA) is 53.0 Å². The zero-order chi connectivity index (χ0) is 20.0. The fourth-order valence-electron chi connectivity index (χ4n) is 4.37. The molecule has 0 spiro atoms. The van der Waals surface area contributed by atoms with Crippen LogP contribution in [0.25, 0.3) is 0 Å². The molecule has 5 nitrogen and oxygen atoms in total. The summed E-state index contributed by atoms with van der Waals surface area (Å²) in [7, 11) is 2.05. The lowest BCUT2D eigenvalue weighted by atomic mass is 9.77. The van der Waals surface area contributed by atoms with Crippen LogP contribution in [0.3, 0.4) is 0 Å². The minimum absolute atomic E-state index is 0.0833. The van der Waals surface area contributed by atoms with Crippen molar-refractivity contribution in [2.24, 2.45) is 5.92 Å². The van der Waals surface area contributed by atoms with Crippen LogP contribution in [0.2, 0.25) is 0 Å². The van der Waals surface area contributed by atoms with Crippen molar-refractivity contribution >= 4 is 5.97 Å². The van der Waals surface area contributed by atoms with Gasteiger partial charge in [0.25, 0.3) is 0 Å². The number of esters is 1. The molecule has 1 aromatic carbocycles. The van der Waals surface area contributed by atoms with Gasteiger partial charge in [-0.2, -0.15) is 0 Å². The number of carbonyl (C=O) groups excluding carboxylic acids is 1. The first-order valence-corrected chi connectivity index (χ1v) is 10.6. The van der Waals surface area contributed by atoms with Gasteiger partial charge in [0, 0.05) is 31.9 Å². The third kappa shape index (κ3) is 4.52. The van der Waals surface area contributed by atoms with Crippen molar-refractivity contribution in [2.75, 3.05) is 20.2 Å². The third-order valence-corrected chi connectivity index (χ3v) is 6.33. The smallest absolute Gasteiger partial charge is 0.343 e. The lowest BCUT2D eigenvalue weighted by molar-refractivity contribution is -0.175. The van der Waals surface area contributed by atoms with Gasteiger partial charge in [-0.05, 0) is 31.7 Å². The van der Waals surface area contributed by atoms with Crippen molar-refractivity contribution in [3.63, 3.8) is 0 Å². The minimum Gasteiger partial charge on any atom is -0.463 e. The molecule has 1 heterocycles. The first-order chi connectivity index (χ1) is 13.5. The van der Waals surface area contributed by atoms with Crippen LogP contribution in [-0.2, 0) is 15.1 Å². The summed E-state index contributed by atoms with van der Waals surface area (Å²) in [5, 5.41) is 11.6. The standard InChI is InChI=1S/C23H34N2O3/c1-19-24(2)16-17-25(19)15-10-18-28-22(26)23(27,21-13-8-5-9-14-21)20-11-6-3-4-7-12-20/h5,8-9,13-14,16-17,19-20,27H,3-4,6-7,10-12,15,18H2,1-2H3. The summed E-state index contributed by atoms with van der Waals surface area (Å²) >= 11 is 0. The Morgan fingerprint density at radius 1 is 1.14 bits per heavy atom. The van der Waals surface area contributed by atoms with Crippen LogP contribution < -0.4 is 0 Å². The average Bonchev–Trinajstić information content (AvgIpc) is 2.93. The second kappa shape index (κ2) is 9.46. The number of aliphatic hydroxyl groups is 1. The van der Waals surface area contributed by atoms with Crippen molar-refractivity contribution in [2.45, 2.75) is 63.6 Å². The van der Waals surface area contributed by atoms with Gasteiger partial charge in [-0.25, -0.2) is 4.79 Å². The maximum atomic E-state index is 13.1. The number of rotatable bonds is 7. The number of carbonyl (C=O) groups is 1. The molecule has 2 unspecified atom stereocenters. The summed E-state index contributed by atoms with van der Waals surface area (Å²) in [5.74, 6) is -0.576. The van der Waals surface area contributed by atoms with E-state index in [4.69, 9.17) is 4.74 Å². The second-order valence-electron chi connectivity index (χ2n) is 8.14. The maximum Gasteiger partial charge on any atom is 0.343 e. The zero-order valence-corrected chi connectivity index (χ0v) is 17.2. The Morgan fingerprint density at radius 2 is 1.82 bits per heavy atom. The summed E-state index contributed by atoms with van der Waals surface area (Å²) in [5.41, 5.74) is -0.892. The van der Waals surface area contributed by atoms with E-state index in [0.29, 0.717) is 18.3 Å². The molecule has 5 heteroatoms. The molecule has 3 rings (SSSR count). The number of hydrogen-bond acceptors (Lipinski definition) is 5. The molecule has 1 fully saturated rings. The van der Waals surface area contributed by atoms with E-state index in [2.05, 4.69) is 29.1 Å². The number of nitrogens with zero attached hydrogens (tertiary/aromatic N) is 2. The van der Waals surface area contributed by atoms with Gasteiger partial charge in [0.15, 0.2) is 5.60 Å².